The van der Waals surface area contributed by atoms with E-state index in [0.29, 0.717) is 32.1 Å². The van der Waals surface area contributed by atoms with Gasteiger partial charge < -0.3 is 14.8 Å². The Hall–Kier alpha value is -2.14. The summed E-state index contributed by atoms with van der Waals surface area (Å²) in [5.74, 6) is 1.18. The van der Waals surface area contributed by atoms with Crippen molar-refractivity contribution in [3.05, 3.63) is 36.5 Å². The van der Waals surface area contributed by atoms with Crippen LogP contribution in [0.4, 0.5) is 0 Å². The van der Waals surface area contributed by atoms with Gasteiger partial charge in [0.15, 0.2) is 0 Å². The van der Waals surface area contributed by atoms with Crippen LogP contribution in [0.15, 0.2) is 36.5 Å². The maximum atomic E-state index is 11.8. The average Bonchev–Trinajstić information content (AvgIpc) is 3.04. The van der Waals surface area contributed by atoms with E-state index in [1.807, 2.05) is 30.3 Å². The third-order valence-electron chi connectivity index (χ3n) is 3.78. The van der Waals surface area contributed by atoms with Gasteiger partial charge in [-0.1, -0.05) is 18.2 Å². The Balaban J connectivity index is 1.45. The van der Waals surface area contributed by atoms with E-state index in [2.05, 4.69) is 10.3 Å². The molecule has 1 atom stereocenters. The molecule has 2 aromatic rings. The SMILES string of the molecule is O=C(CC1CCOC1)NCCOc1cccc2cccnc12. The quantitative estimate of drug-likeness (QED) is 0.831. The number of nitrogens with one attached hydrogen (secondary N) is 1. The van der Waals surface area contributed by atoms with Crippen molar-refractivity contribution in [2.24, 2.45) is 5.92 Å². The summed E-state index contributed by atoms with van der Waals surface area (Å²) < 4.78 is 11.0. The highest BCUT2D eigenvalue weighted by atomic mass is 16.5. The lowest BCUT2D eigenvalue weighted by molar-refractivity contribution is -0.122. The van der Waals surface area contributed by atoms with Gasteiger partial charge in [-0.2, -0.15) is 0 Å². The molecule has 0 bridgehead atoms. The van der Waals surface area contributed by atoms with Crippen LogP contribution in [0, 0.1) is 5.92 Å². The van der Waals surface area contributed by atoms with Crippen molar-refractivity contribution in [2.45, 2.75) is 12.8 Å². The number of pyridine rings is 1. The normalized spacial score (nSPS) is 17.5. The van der Waals surface area contributed by atoms with Crippen LogP contribution in [0.5, 0.6) is 5.75 Å². The topological polar surface area (TPSA) is 60.5 Å². The number of hydrogen-bond acceptors (Lipinski definition) is 4. The molecule has 0 spiro atoms. The van der Waals surface area contributed by atoms with E-state index in [-0.39, 0.29) is 5.91 Å². The molecule has 0 aliphatic carbocycles. The first kappa shape index (κ1) is 14.8. The molecule has 1 unspecified atom stereocenters. The molecule has 0 radical (unpaired) electrons. The average molecular weight is 300 g/mol. The number of benzene rings is 1. The van der Waals surface area contributed by atoms with Crippen molar-refractivity contribution in [1.29, 1.82) is 0 Å². The molecule has 1 saturated heterocycles. The van der Waals surface area contributed by atoms with Crippen molar-refractivity contribution in [3.63, 3.8) is 0 Å². The summed E-state index contributed by atoms with van der Waals surface area (Å²) in [6, 6.07) is 9.74. The van der Waals surface area contributed by atoms with E-state index >= 15 is 0 Å². The fourth-order valence-electron chi connectivity index (χ4n) is 2.62. The molecule has 5 nitrogen and oxygen atoms in total. The Labute approximate surface area is 129 Å². The number of nitrogens with zero attached hydrogens (tertiary/aromatic N) is 1. The van der Waals surface area contributed by atoms with Gasteiger partial charge in [-0.15, -0.1) is 0 Å². The largest absolute Gasteiger partial charge is 0.489 e. The maximum absolute atomic E-state index is 11.8. The third kappa shape index (κ3) is 3.74. The highest BCUT2D eigenvalue weighted by molar-refractivity contribution is 5.84. The number of carbonyl (C=O) groups excluding carboxylic acids is 1. The first-order valence-corrected chi connectivity index (χ1v) is 7.64. The zero-order chi connectivity index (χ0) is 15.2. The lowest BCUT2D eigenvalue weighted by Gasteiger charge is -2.11. The molecule has 1 amide bonds. The molecule has 1 aliphatic heterocycles. The summed E-state index contributed by atoms with van der Waals surface area (Å²) in [7, 11) is 0. The Morgan fingerprint density at radius 1 is 1.36 bits per heavy atom. The van der Waals surface area contributed by atoms with Crippen molar-refractivity contribution >= 4 is 16.8 Å². The van der Waals surface area contributed by atoms with E-state index in [0.717, 1.165) is 29.7 Å². The van der Waals surface area contributed by atoms with Crippen LogP contribution in [-0.2, 0) is 9.53 Å². The summed E-state index contributed by atoms with van der Waals surface area (Å²) in [5.41, 5.74) is 0.847. The van der Waals surface area contributed by atoms with Crippen LogP contribution >= 0.6 is 0 Å². The molecule has 1 aromatic carbocycles. The van der Waals surface area contributed by atoms with E-state index in [4.69, 9.17) is 9.47 Å². The Morgan fingerprint density at radius 2 is 2.27 bits per heavy atom. The lowest BCUT2D eigenvalue weighted by Crippen LogP contribution is -2.29. The number of amides is 1. The second-order valence-electron chi connectivity index (χ2n) is 5.46. The minimum absolute atomic E-state index is 0.0649. The predicted octanol–water partition coefficient (Wildman–Crippen LogP) is 2.16. The predicted molar refractivity (Wildman–Crippen MR) is 83.8 cm³/mol. The van der Waals surface area contributed by atoms with Gasteiger partial charge >= 0.3 is 0 Å². The van der Waals surface area contributed by atoms with Crippen LogP contribution in [0.1, 0.15) is 12.8 Å². The maximum Gasteiger partial charge on any atom is 0.220 e. The standard InChI is InChI=1S/C17H20N2O3/c20-16(11-13-6-9-21-12-13)18-8-10-22-15-5-1-3-14-4-2-7-19-17(14)15/h1-5,7,13H,6,8-12H2,(H,18,20). The van der Waals surface area contributed by atoms with Gasteiger partial charge in [0.25, 0.3) is 0 Å². The summed E-state index contributed by atoms with van der Waals surface area (Å²) in [5, 5.41) is 3.93. The van der Waals surface area contributed by atoms with E-state index < -0.39 is 0 Å². The van der Waals surface area contributed by atoms with Crippen LogP contribution in [0.2, 0.25) is 0 Å². The van der Waals surface area contributed by atoms with E-state index in [1.54, 1.807) is 6.20 Å². The van der Waals surface area contributed by atoms with Crippen molar-refractivity contribution in [2.75, 3.05) is 26.4 Å². The molecule has 0 saturated carbocycles. The second kappa shape index (κ2) is 7.22. The number of fused-ring (bicyclic) bond motifs is 1. The molecule has 2 heterocycles. The van der Waals surface area contributed by atoms with Gasteiger partial charge in [-0.25, -0.2) is 0 Å². The number of ether oxygens (including phenoxy) is 2. The van der Waals surface area contributed by atoms with Gasteiger partial charge in [0.1, 0.15) is 17.9 Å². The number of hydrogen-bond donors (Lipinski definition) is 1. The van der Waals surface area contributed by atoms with Gasteiger partial charge in [0, 0.05) is 31.2 Å². The molecule has 1 aromatic heterocycles. The molecule has 1 fully saturated rings. The number of para-hydroxylation sites is 1. The van der Waals surface area contributed by atoms with Crippen molar-refractivity contribution in [1.82, 2.24) is 10.3 Å². The molecule has 1 N–H and O–H groups in total. The zero-order valence-corrected chi connectivity index (χ0v) is 12.5. The Morgan fingerprint density at radius 3 is 3.14 bits per heavy atom. The number of carbonyl (C=O) groups is 1. The molecular weight excluding hydrogens is 280 g/mol. The van der Waals surface area contributed by atoms with Crippen LogP contribution in [-0.4, -0.2) is 37.3 Å². The first-order valence-electron chi connectivity index (χ1n) is 7.64. The van der Waals surface area contributed by atoms with Crippen LogP contribution in [0.3, 0.4) is 0 Å². The summed E-state index contributed by atoms with van der Waals surface area (Å²) in [6.07, 6.45) is 3.27. The van der Waals surface area contributed by atoms with Crippen LogP contribution in [0.25, 0.3) is 10.9 Å². The fourth-order valence-corrected chi connectivity index (χ4v) is 2.62. The van der Waals surface area contributed by atoms with Gasteiger partial charge in [-0.05, 0) is 24.5 Å². The van der Waals surface area contributed by atoms with E-state index in [9.17, 15) is 4.79 Å². The molecular formula is C17H20N2O3. The van der Waals surface area contributed by atoms with Crippen molar-refractivity contribution < 1.29 is 14.3 Å². The summed E-state index contributed by atoms with van der Waals surface area (Å²) in [4.78, 5) is 16.1. The fraction of sp³-hybridized carbons (Fsp3) is 0.412. The molecule has 116 valence electrons. The van der Waals surface area contributed by atoms with Gasteiger partial charge in [0.05, 0.1) is 6.54 Å². The third-order valence-corrected chi connectivity index (χ3v) is 3.78. The molecule has 22 heavy (non-hydrogen) atoms. The van der Waals surface area contributed by atoms with E-state index in [1.165, 1.54) is 0 Å². The minimum atomic E-state index is 0.0649. The van der Waals surface area contributed by atoms with Crippen LogP contribution < -0.4 is 10.1 Å². The first-order chi connectivity index (χ1) is 10.8. The highest BCUT2D eigenvalue weighted by Crippen LogP contribution is 2.22. The molecule has 5 heteroatoms. The lowest BCUT2D eigenvalue weighted by atomic mass is 10.1. The monoisotopic (exact) mass is 300 g/mol. The van der Waals surface area contributed by atoms with Gasteiger partial charge in [-0.3, -0.25) is 9.78 Å². The van der Waals surface area contributed by atoms with Crippen molar-refractivity contribution in [3.8, 4) is 5.75 Å². The highest BCUT2D eigenvalue weighted by Gasteiger charge is 2.18. The van der Waals surface area contributed by atoms with Gasteiger partial charge in [0.2, 0.25) is 5.91 Å². The summed E-state index contributed by atoms with van der Waals surface area (Å²) >= 11 is 0. The second-order valence-corrected chi connectivity index (χ2v) is 5.46. The number of rotatable bonds is 6. The smallest absolute Gasteiger partial charge is 0.220 e. The zero-order valence-electron chi connectivity index (χ0n) is 12.5. The number of aromatic nitrogens is 1. The summed E-state index contributed by atoms with van der Waals surface area (Å²) in [6.45, 7) is 2.40. The Kier molecular flexibility index (Phi) is 4.85. The molecule has 3 rings (SSSR count). The molecule has 1 aliphatic rings. The Bertz CT molecular complexity index is 633. The minimum Gasteiger partial charge on any atom is -0.489 e.